The molecule has 1 aliphatic heterocycles. The van der Waals surface area contributed by atoms with Gasteiger partial charge in [0.15, 0.2) is 0 Å². The molecule has 6 nitrogen and oxygen atoms in total. The van der Waals surface area contributed by atoms with Gasteiger partial charge in [-0.15, -0.1) is 0 Å². The van der Waals surface area contributed by atoms with E-state index in [4.69, 9.17) is 0 Å². The number of likely N-dealkylation sites (tertiary alicyclic amines) is 1. The van der Waals surface area contributed by atoms with Crippen molar-refractivity contribution in [1.82, 2.24) is 10.2 Å². The summed E-state index contributed by atoms with van der Waals surface area (Å²) in [6.07, 6.45) is 1.44. The summed E-state index contributed by atoms with van der Waals surface area (Å²) in [6.45, 7) is 4.52. The number of carbonyl (C=O) groups is 2. The number of carbonyl (C=O) groups excluding carboxylic acids is 2. The molecular weight excluding hydrogens is 371 g/mol. The first kappa shape index (κ1) is 20.8. The second-order valence-corrected chi connectivity index (χ2v) is 7.17. The lowest BCUT2D eigenvalue weighted by Crippen LogP contribution is -2.45. The summed E-state index contributed by atoms with van der Waals surface area (Å²) in [4.78, 5) is 26.8. The Balaban J connectivity index is 1.58. The molecule has 2 aromatic carbocycles. The lowest BCUT2D eigenvalue weighted by atomic mass is 9.97. The van der Waals surface area contributed by atoms with Crippen molar-refractivity contribution in [2.45, 2.75) is 26.3 Å². The van der Waals surface area contributed by atoms with Gasteiger partial charge in [0.05, 0.1) is 11.6 Å². The minimum Gasteiger partial charge on any atom is -0.326 e. The number of halogens is 1. The number of rotatable bonds is 6. The van der Waals surface area contributed by atoms with E-state index in [1.807, 2.05) is 31.2 Å². The zero-order chi connectivity index (χ0) is 20.6. The Morgan fingerprint density at radius 3 is 2.76 bits per heavy atom. The average Bonchev–Trinajstić information content (AvgIpc) is 2.74. The molecule has 3 amide bonds. The van der Waals surface area contributed by atoms with E-state index in [1.165, 1.54) is 12.1 Å². The van der Waals surface area contributed by atoms with Crippen molar-refractivity contribution in [2.24, 2.45) is 5.92 Å². The van der Waals surface area contributed by atoms with Crippen molar-refractivity contribution in [3.63, 3.8) is 0 Å². The predicted molar refractivity (Wildman–Crippen MR) is 112 cm³/mol. The third kappa shape index (κ3) is 5.77. The third-order valence-corrected chi connectivity index (χ3v) is 4.97. The maximum Gasteiger partial charge on any atom is 0.321 e. The SMILES string of the molecule is CCNCc1cccc(NC(=O)C2CCCN(C(=O)Nc3ccccc3F)C2)c1. The predicted octanol–water partition coefficient (Wildman–Crippen LogP) is 3.82. The van der Waals surface area contributed by atoms with Crippen LogP contribution >= 0.6 is 0 Å². The van der Waals surface area contributed by atoms with Crippen molar-refractivity contribution in [3.05, 3.63) is 59.9 Å². The largest absolute Gasteiger partial charge is 0.326 e. The average molecular weight is 398 g/mol. The number of hydrogen-bond acceptors (Lipinski definition) is 3. The Morgan fingerprint density at radius 2 is 1.97 bits per heavy atom. The van der Waals surface area contributed by atoms with E-state index in [9.17, 15) is 14.0 Å². The van der Waals surface area contributed by atoms with Gasteiger partial charge in [-0.1, -0.05) is 31.2 Å². The minimum atomic E-state index is -0.482. The van der Waals surface area contributed by atoms with E-state index in [0.717, 1.165) is 30.8 Å². The smallest absolute Gasteiger partial charge is 0.321 e. The molecule has 1 heterocycles. The summed E-state index contributed by atoms with van der Waals surface area (Å²) in [5.41, 5.74) is 1.99. The van der Waals surface area contributed by atoms with Crippen molar-refractivity contribution in [3.8, 4) is 0 Å². The molecule has 0 radical (unpaired) electrons. The van der Waals surface area contributed by atoms with Gasteiger partial charge in [-0.3, -0.25) is 4.79 Å². The summed E-state index contributed by atoms with van der Waals surface area (Å²) in [6, 6.07) is 13.4. The monoisotopic (exact) mass is 398 g/mol. The van der Waals surface area contributed by atoms with Crippen LogP contribution in [0, 0.1) is 11.7 Å². The zero-order valence-electron chi connectivity index (χ0n) is 16.6. The van der Waals surface area contributed by atoms with Gasteiger partial charge in [0, 0.05) is 25.3 Å². The molecular formula is C22H27FN4O2. The molecule has 0 saturated carbocycles. The van der Waals surface area contributed by atoms with Gasteiger partial charge in [0.1, 0.15) is 5.82 Å². The Hall–Kier alpha value is -2.93. The number of para-hydroxylation sites is 1. The standard InChI is InChI=1S/C22H27FN4O2/c1-2-24-14-16-7-5-9-18(13-16)25-21(28)17-8-6-12-27(15-17)22(29)26-20-11-4-3-10-19(20)23/h3-5,7,9-11,13,17,24H,2,6,8,12,14-15H2,1H3,(H,25,28)(H,26,29). The van der Waals surface area contributed by atoms with Crippen molar-refractivity contribution < 1.29 is 14.0 Å². The molecule has 0 aliphatic carbocycles. The van der Waals surface area contributed by atoms with E-state index in [-0.39, 0.29) is 23.5 Å². The molecule has 1 atom stereocenters. The number of anilines is 2. The number of nitrogens with zero attached hydrogens (tertiary/aromatic N) is 1. The first-order chi connectivity index (χ1) is 14.1. The van der Waals surface area contributed by atoms with Gasteiger partial charge in [-0.25, -0.2) is 9.18 Å². The van der Waals surface area contributed by atoms with Gasteiger partial charge in [-0.05, 0) is 49.2 Å². The fourth-order valence-electron chi connectivity index (χ4n) is 3.41. The number of amides is 3. The lowest BCUT2D eigenvalue weighted by Gasteiger charge is -2.32. The molecule has 0 bridgehead atoms. The Kier molecular flexibility index (Phi) is 7.19. The van der Waals surface area contributed by atoms with Crippen molar-refractivity contribution >= 4 is 23.3 Å². The van der Waals surface area contributed by atoms with Gasteiger partial charge in [0.2, 0.25) is 5.91 Å². The molecule has 3 N–H and O–H groups in total. The highest BCUT2D eigenvalue weighted by atomic mass is 19.1. The molecule has 154 valence electrons. The highest BCUT2D eigenvalue weighted by Gasteiger charge is 2.28. The number of nitrogens with one attached hydrogen (secondary N) is 3. The first-order valence-corrected chi connectivity index (χ1v) is 9.97. The van der Waals surface area contributed by atoms with Gasteiger partial charge >= 0.3 is 6.03 Å². The molecule has 1 fully saturated rings. The summed E-state index contributed by atoms with van der Waals surface area (Å²) in [5.74, 6) is -0.883. The Bertz CT molecular complexity index is 858. The molecule has 1 aliphatic rings. The van der Waals surface area contributed by atoms with Crippen LogP contribution in [-0.2, 0) is 11.3 Å². The van der Waals surface area contributed by atoms with Crippen molar-refractivity contribution in [1.29, 1.82) is 0 Å². The molecule has 3 rings (SSSR count). The van der Waals surface area contributed by atoms with Crippen LogP contribution in [0.2, 0.25) is 0 Å². The maximum atomic E-state index is 13.8. The number of piperidine rings is 1. The lowest BCUT2D eigenvalue weighted by molar-refractivity contribution is -0.121. The highest BCUT2D eigenvalue weighted by molar-refractivity contribution is 5.94. The van der Waals surface area contributed by atoms with Crippen LogP contribution in [0.25, 0.3) is 0 Å². The Morgan fingerprint density at radius 1 is 1.14 bits per heavy atom. The van der Waals surface area contributed by atoms with Gasteiger partial charge < -0.3 is 20.9 Å². The summed E-state index contributed by atoms with van der Waals surface area (Å²) < 4.78 is 13.8. The van der Waals surface area contributed by atoms with Crippen LogP contribution in [-0.4, -0.2) is 36.5 Å². The van der Waals surface area contributed by atoms with Crippen LogP contribution in [0.15, 0.2) is 48.5 Å². The maximum absolute atomic E-state index is 13.8. The fraction of sp³-hybridized carbons (Fsp3) is 0.364. The summed E-state index contributed by atoms with van der Waals surface area (Å²) in [5, 5.41) is 8.81. The summed E-state index contributed by atoms with van der Waals surface area (Å²) in [7, 11) is 0. The molecule has 2 aromatic rings. The van der Waals surface area contributed by atoms with Crippen LogP contribution < -0.4 is 16.0 Å². The van der Waals surface area contributed by atoms with Gasteiger partial charge in [-0.2, -0.15) is 0 Å². The van der Waals surface area contributed by atoms with Crippen LogP contribution in [0.4, 0.5) is 20.6 Å². The quantitative estimate of drug-likeness (QED) is 0.693. The molecule has 7 heteroatoms. The summed E-state index contributed by atoms with van der Waals surface area (Å²) >= 11 is 0. The van der Waals surface area contributed by atoms with E-state index >= 15 is 0 Å². The minimum absolute atomic E-state index is 0.103. The van der Waals surface area contributed by atoms with E-state index in [1.54, 1.807) is 17.0 Å². The first-order valence-electron chi connectivity index (χ1n) is 9.97. The number of benzene rings is 2. The molecule has 0 spiro atoms. The van der Waals surface area contributed by atoms with Crippen LogP contribution in [0.3, 0.4) is 0 Å². The molecule has 1 unspecified atom stereocenters. The van der Waals surface area contributed by atoms with Crippen LogP contribution in [0.5, 0.6) is 0 Å². The third-order valence-electron chi connectivity index (χ3n) is 4.97. The highest BCUT2D eigenvalue weighted by Crippen LogP contribution is 2.21. The number of hydrogen-bond donors (Lipinski definition) is 3. The molecule has 0 aromatic heterocycles. The molecule has 1 saturated heterocycles. The van der Waals surface area contributed by atoms with E-state index in [0.29, 0.717) is 19.5 Å². The second kappa shape index (κ2) is 10.0. The second-order valence-electron chi connectivity index (χ2n) is 7.17. The Labute approximate surface area is 170 Å². The van der Waals surface area contributed by atoms with E-state index in [2.05, 4.69) is 16.0 Å². The molecule has 29 heavy (non-hydrogen) atoms. The topological polar surface area (TPSA) is 73.5 Å². The van der Waals surface area contributed by atoms with Crippen LogP contribution in [0.1, 0.15) is 25.3 Å². The van der Waals surface area contributed by atoms with Gasteiger partial charge in [0.25, 0.3) is 0 Å². The number of urea groups is 1. The fourth-order valence-corrected chi connectivity index (χ4v) is 3.41. The van der Waals surface area contributed by atoms with E-state index < -0.39 is 5.82 Å². The zero-order valence-corrected chi connectivity index (χ0v) is 16.6. The normalized spacial score (nSPS) is 16.3. The van der Waals surface area contributed by atoms with Crippen molar-refractivity contribution in [2.75, 3.05) is 30.3 Å².